The molecule has 3 aromatic rings. The molecule has 0 fully saturated rings. The van der Waals surface area contributed by atoms with Gasteiger partial charge >= 0.3 is 5.97 Å². The molecule has 1 unspecified atom stereocenters. The second-order valence-electron chi connectivity index (χ2n) is 6.27. The predicted octanol–water partition coefficient (Wildman–Crippen LogP) is 4.93. The molecule has 0 bridgehead atoms. The van der Waals surface area contributed by atoms with Crippen molar-refractivity contribution < 1.29 is 19.4 Å². The van der Waals surface area contributed by atoms with Crippen molar-refractivity contribution in [1.82, 2.24) is 0 Å². The first kappa shape index (κ1) is 19.0. The lowest BCUT2D eigenvalue weighted by molar-refractivity contribution is -0.138. The average Bonchev–Trinajstić information content (AvgIpc) is 3.18. The van der Waals surface area contributed by atoms with Crippen LogP contribution in [0, 0.1) is 6.92 Å². The van der Waals surface area contributed by atoms with E-state index in [4.69, 9.17) is 9.47 Å². The molecule has 0 radical (unpaired) electrons. The summed E-state index contributed by atoms with van der Waals surface area (Å²) >= 11 is 1.47. The molecule has 0 amide bonds. The lowest BCUT2D eigenvalue weighted by atomic mass is 9.98. The van der Waals surface area contributed by atoms with Crippen LogP contribution in [-0.2, 0) is 11.2 Å². The Hall–Kier alpha value is -2.79. The van der Waals surface area contributed by atoms with Gasteiger partial charge in [-0.3, -0.25) is 4.79 Å². The molecule has 2 aromatic carbocycles. The zero-order chi connectivity index (χ0) is 19.1. The summed E-state index contributed by atoms with van der Waals surface area (Å²) in [5.41, 5.74) is 2.13. The molecule has 0 saturated heterocycles. The topological polar surface area (TPSA) is 55.8 Å². The van der Waals surface area contributed by atoms with E-state index in [1.807, 2.05) is 73.0 Å². The van der Waals surface area contributed by atoms with Gasteiger partial charge in [0.2, 0.25) is 0 Å². The fourth-order valence-corrected chi connectivity index (χ4v) is 3.60. The zero-order valence-electron chi connectivity index (χ0n) is 15.1. The molecule has 1 aromatic heterocycles. The Morgan fingerprint density at radius 3 is 2.37 bits per heavy atom. The van der Waals surface area contributed by atoms with E-state index in [1.54, 1.807) is 0 Å². The van der Waals surface area contributed by atoms with E-state index < -0.39 is 11.9 Å². The van der Waals surface area contributed by atoms with Crippen LogP contribution < -0.4 is 9.47 Å². The molecule has 0 saturated carbocycles. The number of carboxylic acids is 1. The molecule has 0 aliphatic carbocycles. The second-order valence-corrected chi connectivity index (χ2v) is 7.25. The van der Waals surface area contributed by atoms with Crippen LogP contribution in [0.5, 0.6) is 11.5 Å². The summed E-state index contributed by atoms with van der Waals surface area (Å²) in [5.74, 6) is 0.266. The van der Waals surface area contributed by atoms with Gasteiger partial charge in [0.25, 0.3) is 0 Å². The first-order chi connectivity index (χ1) is 13.1. The van der Waals surface area contributed by atoms with Crippen molar-refractivity contribution in [2.45, 2.75) is 19.3 Å². The van der Waals surface area contributed by atoms with Gasteiger partial charge in [-0.1, -0.05) is 30.3 Å². The van der Waals surface area contributed by atoms with Crippen LogP contribution in [0.15, 0.2) is 66.0 Å². The standard InChI is InChI=1S/C22H22O4S/c1-16-4-2-5-19(14-16)26-12-11-25-18-9-7-17(8-10-18)15-20(22(23)24)21-6-3-13-27-21/h2-10,13-14,20H,11-12,15H2,1H3,(H,23,24). The maximum absolute atomic E-state index is 11.5. The van der Waals surface area contributed by atoms with E-state index in [1.165, 1.54) is 11.3 Å². The molecule has 1 heterocycles. The molecule has 0 aliphatic rings. The van der Waals surface area contributed by atoms with Crippen LogP contribution >= 0.6 is 11.3 Å². The largest absolute Gasteiger partial charge is 0.490 e. The molecular weight excluding hydrogens is 360 g/mol. The highest BCUT2D eigenvalue weighted by molar-refractivity contribution is 7.10. The van der Waals surface area contributed by atoms with Crippen molar-refractivity contribution in [3.8, 4) is 11.5 Å². The molecule has 0 aliphatic heterocycles. The van der Waals surface area contributed by atoms with Crippen LogP contribution in [0.25, 0.3) is 0 Å². The lowest BCUT2D eigenvalue weighted by Gasteiger charge is -2.12. The number of aryl methyl sites for hydroxylation is 1. The molecule has 3 rings (SSSR count). The third-order valence-corrected chi connectivity index (χ3v) is 5.14. The van der Waals surface area contributed by atoms with Crippen molar-refractivity contribution in [3.63, 3.8) is 0 Å². The second kappa shape index (κ2) is 9.24. The smallest absolute Gasteiger partial charge is 0.312 e. The number of hydrogen-bond donors (Lipinski definition) is 1. The average molecular weight is 382 g/mol. The predicted molar refractivity (Wildman–Crippen MR) is 107 cm³/mol. The van der Waals surface area contributed by atoms with Gasteiger partial charge in [0.1, 0.15) is 24.7 Å². The molecule has 1 atom stereocenters. The van der Waals surface area contributed by atoms with Crippen LogP contribution in [0.2, 0.25) is 0 Å². The number of benzene rings is 2. The Balaban J connectivity index is 1.49. The van der Waals surface area contributed by atoms with Crippen LogP contribution in [-0.4, -0.2) is 24.3 Å². The van der Waals surface area contributed by atoms with Crippen molar-refractivity contribution in [1.29, 1.82) is 0 Å². The third kappa shape index (κ3) is 5.59. The SMILES string of the molecule is Cc1cccc(OCCOc2ccc(CC(C(=O)O)c3cccs3)cc2)c1. The molecule has 1 N–H and O–H groups in total. The maximum atomic E-state index is 11.5. The van der Waals surface area contributed by atoms with E-state index in [-0.39, 0.29) is 0 Å². The minimum atomic E-state index is -0.800. The number of hydrogen-bond acceptors (Lipinski definition) is 4. The quantitative estimate of drug-likeness (QED) is 0.534. The number of rotatable bonds is 9. The van der Waals surface area contributed by atoms with E-state index in [9.17, 15) is 9.90 Å². The highest BCUT2D eigenvalue weighted by Gasteiger charge is 2.21. The monoisotopic (exact) mass is 382 g/mol. The van der Waals surface area contributed by atoms with Crippen molar-refractivity contribution in [2.75, 3.05) is 13.2 Å². The molecule has 4 nitrogen and oxygen atoms in total. The van der Waals surface area contributed by atoms with Crippen LogP contribution in [0.3, 0.4) is 0 Å². The van der Waals surface area contributed by atoms with Crippen molar-refractivity contribution in [3.05, 3.63) is 82.0 Å². The van der Waals surface area contributed by atoms with E-state index in [0.717, 1.165) is 27.5 Å². The van der Waals surface area contributed by atoms with Crippen molar-refractivity contribution in [2.24, 2.45) is 0 Å². The van der Waals surface area contributed by atoms with Gasteiger partial charge in [-0.15, -0.1) is 11.3 Å². The maximum Gasteiger partial charge on any atom is 0.312 e. The Bertz CT molecular complexity index is 856. The summed E-state index contributed by atoms with van der Waals surface area (Å²) in [6.07, 6.45) is 0.465. The highest BCUT2D eigenvalue weighted by Crippen LogP contribution is 2.26. The zero-order valence-corrected chi connectivity index (χ0v) is 15.9. The Kier molecular flexibility index (Phi) is 6.49. The number of ether oxygens (including phenoxy) is 2. The Labute approximate surface area is 163 Å². The summed E-state index contributed by atoms with van der Waals surface area (Å²) in [7, 11) is 0. The minimum absolute atomic E-state index is 0.445. The molecule has 140 valence electrons. The summed E-state index contributed by atoms with van der Waals surface area (Å²) < 4.78 is 11.4. The van der Waals surface area contributed by atoms with E-state index in [0.29, 0.717) is 19.6 Å². The van der Waals surface area contributed by atoms with Gasteiger partial charge in [-0.2, -0.15) is 0 Å². The third-order valence-electron chi connectivity index (χ3n) is 4.16. The van der Waals surface area contributed by atoms with Crippen molar-refractivity contribution >= 4 is 17.3 Å². The summed E-state index contributed by atoms with van der Waals surface area (Å²) in [6.45, 7) is 2.93. The molecule has 0 spiro atoms. The normalized spacial score (nSPS) is 11.7. The van der Waals surface area contributed by atoms with Crippen LogP contribution in [0.4, 0.5) is 0 Å². The van der Waals surface area contributed by atoms with Crippen LogP contribution in [0.1, 0.15) is 21.9 Å². The number of thiophene rings is 1. The van der Waals surface area contributed by atoms with E-state index >= 15 is 0 Å². The van der Waals surface area contributed by atoms with Gasteiger partial charge in [0, 0.05) is 4.88 Å². The summed E-state index contributed by atoms with van der Waals surface area (Å²) in [6, 6.07) is 19.2. The Morgan fingerprint density at radius 1 is 1.00 bits per heavy atom. The number of aliphatic carboxylic acids is 1. The highest BCUT2D eigenvalue weighted by atomic mass is 32.1. The lowest BCUT2D eigenvalue weighted by Crippen LogP contribution is -2.13. The Morgan fingerprint density at radius 2 is 1.74 bits per heavy atom. The molecule has 5 heteroatoms. The minimum Gasteiger partial charge on any atom is -0.490 e. The summed E-state index contributed by atoms with van der Waals surface area (Å²) in [4.78, 5) is 12.4. The molecule has 27 heavy (non-hydrogen) atoms. The van der Waals surface area contributed by atoms with Gasteiger partial charge in [-0.05, 0) is 60.2 Å². The fraction of sp³-hybridized carbons (Fsp3) is 0.227. The molecular formula is C22H22O4S. The fourth-order valence-electron chi connectivity index (χ4n) is 2.78. The van der Waals surface area contributed by atoms with Gasteiger partial charge in [-0.25, -0.2) is 0 Å². The van der Waals surface area contributed by atoms with Gasteiger partial charge in [0.15, 0.2) is 0 Å². The van der Waals surface area contributed by atoms with Gasteiger partial charge in [0.05, 0.1) is 5.92 Å². The first-order valence-corrected chi connectivity index (χ1v) is 9.67. The number of carbonyl (C=O) groups is 1. The van der Waals surface area contributed by atoms with Gasteiger partial charge < -0.3 is 14.6 Å². The number of carboxylic acid groups (broad SMARTS) is 1. The van der Waals surface area contributed by atoms with E-state index in [2.05, 4.69) is 0 Å². The first-order valence-electron chi connectivity index (χ1n) is 8.79. The summed E-state index contributed by atoms with van der Waals surface area (Å²) in [5, 5.41) is 11.4.